The number of aliphatic hydroxyl groups excluding tert-OH is 1. The molecule has 0 aromatic carbocycles. The smallest absolute Gasteiger partial charge is 0.327 e. The molecule has 1 heterocycles. The Labute approximate surface area is 81.6 Å². The summed E-state index contributed by atoms with van der Waals surface area (Å²) in [4.78, 5) is 23.3. The van der Waals surface area contributed by atoms with E-state index in [0.717, 1.165) is 0 Å². The summed E-state index contributed by atoms with van der Waals surface area (Å²) in [6.45, 7) is 5.06. The van der Waals surface area contributed by atoms with E-state index < -0.39 is 24.0 Å². The summed E-state index contributed by atoms with van der Waals surface area (Å²) in [6, 6.07) is -0.916. The van der Waals surface area contributed by atoms with Crippen LogP contribution in [0.1, 0.15) is 6.92 Å². The van der Waals surface area contributed by atoms with Crippen LogP contribution >= 0.6 is 0 Å². The van der Waals surface area contributed by atoms with E-state index in [1.807, 2.05) is 0 Å². The Morgan fingerprint density at radius 2 is 2.36 bits per heavy atom. The van der Waals surface area contributed by atoms with Gasteiger partial charge in [-0.05, 0) is 6.92 Å². The fourth-order valence-electron chi connectivity index (χ4n) is 1.68. The molecule has 14 heavy (non-hydrogen) atoms. The second kappa shape index (κ2) is 3.79. The predicted molar refractivity (Wildman–Crippen MR) is 48.5 cm³/mol. The van der Waals surface area contributed by atoms with E-state index in [9.17, 15) is 14.7 Å². The summed E-state index contributed by atoms with van der Waals surface area (Å²) >= 11 is 0. The highest BCUT2D eigenvalue weighted by Crippen LogP contribution is 2.29. The Balaban J connectivity index is 2.78. The predicted octanol–water partition coefficient (Wildman–Crippen LogP) is -0.535. The van der Waals surface area contributed by atoms with Crippen LogP contribution < -0.4 is 0 Å². The van der Waals surface area contributed by atoms with E-state index in [1.54, 1.807) is 0 Å². The summed E-state index contributed by atoms with van der Waals surface area (Å²) < 4.78 is 0. The molecule has 1 amide bonds. The maximum atomic E-state index is 11.4. The minimum atomic E-state index is -1.09. The van der Waals surface area contributed by atoms with Gasteiger partial charge in [0.1, 0.15) is 6.04 Å². The van der Waals surface area contributed by atoms with E-state index in [2.05, 4.69) is 6.58 Å². The lowest BCUT2D eigenvalue weighted by molar-refractivity contribution is -0.176. The molecule has 1 saturated heterocycles. The van der Waals surface area contributed by atoms with Crippen molar-refractivity contribution >= 4 is 11.9 Å². The van der Waals surface area contributed by atoms with Crippen LogP contribution in [0.5, 0.6) is 0 Å². The highest BCUT2D eigenvalue weighted by atomic mass is 16.4. The molecule has 0 aliphatic carbocycles. The maximum absolute atomic E-state index is 11.4. The zero-order chi connectivity index (χ0) is 10.9. The molecule has 5 nitrogen and oxygen atoms in total. The number of aliphatic hydroxyl groups is 1. The molecular weight excluding hydrogens is 186 g/mol. The molecule has 0 aromatic rings. The number of carboxylic acids is 1. The molecular formula is C9H13NO4. The number of nitrogens with zero attached hydrogens (tertiary/aromatic N) is 1. The topological polar surface area (TPSA) is 77.8 Å². The number of β-lactam (4-membered cyclic amide) rings is 1. The van der Waals surface area contributed by atoms with Crippen LogP contribution in [-0.4, -0.2) is 45.7 Å². The van der Waals surface area contributed by atoms with Gasteiger partial charge in [-0.2, -0.15) is 0 Å². The lowest BCUT2D eigenvalue weighted by Gasteiger charge is -2.45. The Morgan fingerprint density at radius 3 is 2.71 bits per heavy atom. The number of hydrogen-bond acceptors (Lipinski definition) is 3. The molecule has 5 heteroatoms. The van der Waals surface area contributed by atoms with Crippen LogP contribution in [0.3, 0.4) is 0 Å². The molecule has 0 spiro atoms. The first-order chi connectivity index (χ1) is 6.50. The number of carbonyl (C=O) groups excluding carboxylic acids is 1. The first kappa shape index (κ1) is 10.7. The first-order valence-corrected chi connectivity index (χ1v) is 4.33. The summed E-state index contributed by atoms with van der Waals surface area (Å²) in [7, 11) is 0. The Hall–Kier alpha value is -1.36. The zero-order valence-electron chi connectivity index (χ0n) is 7.88. The van der Waals surface area contributed by atoms with E-state index in [1.165, 1.54) is 17.9 Å². The van der Waals surface area contributed by atoms with Crippen molar-refractivity contribution in [2.45, 2.75) is 19.1 Å². The molecule has 78 valence electrons. The third-order valence-corrected chi connectivity index (χ3v) is 2.34. The van der Waals surface area contributed by atoms with Gasteiger partial charge in [0.05, 0.1) is 12.0 Å². The average Bonchev–Trinajstić information content (AvgIpc) is 2.08. The average molecular weight is 199 g/mol. The van der Waals surface area contributed by atoms with Crippen molar-refractivity contribution in [2.75, 3.05) is 6.54 Å². The molecule has 1 aliphatic rings. The van der Waals surface area contributed by atoms with Gasteiger partial charge in [0.15, 0.2) is 0 Å². The molecule has 0 bridgehead atoms. The molecule has 3 unspecified atom stereocenters. The molecule has 0 aromatic heterocycles. The quantitative estimate of drug-likeness (QED) is 0.471. The summed E-state index contributed by atoms with van der Waals surface area (Å²) in [6.07, 6.45) is 0.538. The number of amides is 1. The largest absolute Gasteiger partial charge is 0.480 e. The lowest BCUT2D eigenvalue weighted by atomic mass is 9.83. The van der Waals surface area contributed by atoms with Crippen molar-refractivity contribution in [3.63, 3.8) is 0 Å². The van der Waals surface area contributed by atoms with Crippen LogP contribution in [0.2, 0.25) is 0 Å². The fourth-order valence-corrected chi connectivity index (χ4v) is 1.68. The van der Waals surface area contributed by atoms with Gasteiger partial charge in [0.2, 0.25) is 5.91 Å². The van der Waals surface area contributed by atoms with Crippen molar-refractivity contribution in [1.29, 1.82) is 0 Å². The highest BCUT2D eigenvalue weighted by molar-refractivity contribution is 5.97. The van der Waals surface area contributed by atoms with E-state index in [0.29, 0.717) is 0 Å². The first-order valence-electron chi connectivity index (χ1n) is 4.33. The van der Waals surface area contributed by atoms with Gasteiger partial charge in [-0.1, -0.05) is 6.08 Å². The van der Waals surface area contributed by atoms with Crippen LogP contribution in [0.15, 0.2) is 12.7 Å². The summed E-state index contributed by atoms with van der Waals surface area (Å²) in [5.74, 6) is -2.22. The normalized spacial score (nSPS) is 28.1. The number of carbonyl (C=O) groups is 2. The number of rotatable bonds is 4. The lowest BCUT2D eigenvalue weighted by Crippen LogP contribution is -2.67. The SMILES string of the molecule is C=CCN1C(=O)C(C(C)O)C1C(=O)O. The highest BCUT2D eigenvalue weighted by Gasteiger charge is 2.53. The molecule has 3 atom stereocenters. The number of carboxylic acid groups (broad SMARTS) is 1. The van der Waals surface area contributed by atoms with Gasteiger partial charge >= 0.3 is 5.97 Å². The Morgan fingerprint density at radius 1 is 1.79 bits per heavy atom. The van der Waals surface area contributed by atoms with Crippen molar-refractivity contribution in [2.24, 2.45) is 5.92 Å². The van der Waals surface area contributed by atoms with Crippen LogP contribution in [0.25, 0.3) is 0 Å². The zero-order valence-corrected chi connectivity index (χ0v) is 7.88. The van der Waals surface area contributed by atoms with Gasteiger partial charge in [-0.25, -0.2) is 4.79 Å². The van der Waals surface area contributed by atoms with Gasteiger partial charge in [0, 0.05) is 6.54 Å². The van der Waals surface area contributed by atoms with Gasteiger partial charge in [-0.15, -0.1) is 6.58 Å². The third kappa shape index (κ3) is 1.50. The molecule has 1 rings (SSSR count). The van der Waals surface area contributed by atoms with Crippen LogP contribution in [-0.2, 0) is 9.59 Å². The molecule has 0 radical (unpaired) electrons. The van der Waals surface area contributed by atoms with Gasteiger partial charge < -0.3 is 15.1 Å². The number of likely N-dealkylation sites (tertiary alicyclic amines) is 1. The molecule has 0 saturated carbocycles. The minimum absolute atomic E-state index is 0.207. The minimum Gasteiger partial charge on any atom is -0.480 e. The molecule has 1 fully saturated rings. The van der Waals surface area contributed by atoms with Crippen LogP contribution in [0.4, 0.5) is 0 Å². The van der Waals surface area contributed by atoms with Crippen LogP contribution in [0, 0.1) is 5.92 Å². The Kier molecular flexibility index (Phi) is 2.90. The summed E-state index contributed by atoms with van der Waals surface area (Å²) in [5, 5.41) is 18.0. The van der Waals surface area contributed by atoms with Crippen molar-refractivity contribution in [3.05, 3.63) is 12.7 Å². The van der Waals surface area contributed by atoms with Gasteiger partial charge in [-0.3, -0.25) is 4.79 Å². The van der Waals surface area contributed by atoms with E-state index >= 15 is 0 Å². The van der Waals surface area contributed by atoms with Crippen molar-refractivity contribution in [1.82, 2.24) is 4.90 Å². The van der Waals surface area contributed by atoms with Crippen molar-refractivity contribution < 1.29 is 19.8 Å². The van der Waals surface area contributed by atoms with Gasteiger partial charge in [0.25, 0.3) is 0 Å². The van der Waals surface area contributed by atoms with E-state index in [4.69, 9.17) is 5.11 Å². The second-order valence-corrected chi connectivity index (χ2v) is 3.33. The fraction of sp³-hybridized carbons (Fsp3) is 0.556. The molecule has 2 N–H and O–H groups in total. The van der Waals surface area contributed by atoms with Crippen molar-refractivity contribution in [3.8, 4) is 0 Å². The Bertz CT molecular complexity index is 274. The summed E-state index contributed by atoms with van der Waals surface area (Å²) in [5.41, 5.74) is 0. The standard InChI is InChI=1S/C9H13NO4/c1-3-4-10-7(9(13)14)6(5(2)11)8(10)12/h3,5-7,11H,1,4H2,2H3,(H,13,14). The second-order valence-electron chi connectivity index (χ2n) is 3.33. The third-order valence-electron chi connectivity index (χ3n) is 2.34. The number of hydrogen-bond donors (Lipinski definition) is 2. The monoisotopic (exact) mass is 199 g/mol. The number of aliphatic carboxylic acids is 1. The maximum Gasteiger partial charge on any atom is 0.327 e. The molecule has 1 aliphatic heterocycles. The van der Waals surface area contributed by atoms with E-state index in [-0.39, 0.29) is 12.5 Å².